The van der Waals surface area contributed by atoms with E-state index in [2.05, 4.69) is 13.8 Å². The van der Waals surface area contributed by atoms with Crippen LogP contribution in [-0.4, -0.2) is 11.8 Å². The van der Waals surface area contributed by atoms with E-state index < -0.39 is 0 Å². The third-order valence-electron chi connectivity index (χ3n) is 4.75. The number of rotatable bonds is 1. The first-order valence-electron chi connectivity index (χ1n) is 7.19. The van der Waals surface area contributed by atoms with Crippen LogP contribution in [0.25, 0.3) is 0 Å². The molecule has 2 atom stereocenters. The van der Waals surface area contributed by atoms with Crippen LogP contribution in [0, 0.1) is 18.8 Å². The minimum atomic E-state index is -0.209. The van der Waals surface area contributed by atoms with Crippen LogP contribution in [0.3, 0.4) is 0 Å². The smallest absolute Gasteiger partial charge is 0.238 e. The van der Waals surface area contributed by atoms with Gasteiger partial charge >= 0.3 is 0 Å². The summed E-state index contributed by atoms with van der Waals surface area (Å²) < 4.78 is 0. The molecule has 1 saturated heterocycles. The summed E-state index contributed by atoms with van der Waals surface area (Å²) in [6.07, 6.45) is 1.38. The van der Waals surface area contributed by atoms with E-state index in [1.54, 1.807) is 12.1 Å². The molecule has 0 unspecified atom stereocenters. The molecule has 0 bridgehead atoms. The second kappa shape index (κ2) is 4.99. The van der Waals surface area contributed by atoms with Gasteiger partial charge in [-0.25, -0.2) is 4.90 Å². The number of hydrogen-bond donors (Lipinski definition) is 0. The van der Waals surface area contributed by atoms with Gasteiger partial charge in [0.1, 0.15) is 0 Å². The van der Waals surface area contributed by atoms with Crippen LogP contribution in [0.5, 0.6) is 0 Å². The summed E-state index contributed by atoms with van der Waals surface area (Å²) in [4.78, 5) is 26.8. The maximum absolute atomic E-state index is 12.7. The maximum Gasteiger partial charge on any atom is 0.238 e. The van der Waals surface area contributed by atoms with Crippen LogP contribution < -0.4 is 4.90 Å². The first-order valence-corrected chi connectivity index (χ1v) is 7.57. The Morgan fingerprint density at radius 2 is 1.52 bits per heavy atom. The molecule has 21 heavy (non-hydrogen) atoms. The van der Waals surface area contributed by atoms with Gasteiger partial charge in [-0.3, -0.25) is 9.59 Å². The van der Waals surface area contributed by atoms with Crippen molar-refractivity contribution in [3.05, 3.63) is 39.9 Å². The fraction of sp³-hybridized carbons (Fsp3) is 0.412. The van der Waals surface area contributed by atoms with Gasteiger partial charge in [0.15, 0.2) is 0 Å². The Bertz CT molecular complexity index is 645. The zero-order valence-electron chi connectivity index (χ0n) is 12.4. The molecule has 1 aromatic rings. The van der Waals surface area contributed by atoms with Crippen molar-refractivity contribution in [3.63, 3.8) is 0 Å². The number of carbonyl (C=O) groups is 2. The van der Waals surface area contributed by atoms with Crippen molar-refractivity contribution in [1.29, 1.82) is 0 Å². The molecular formula is C17H18ClNO2. The lowest BCUT2D eigenvalue weighted by molar-refractivity contribution is -0.122. The van der Waals surface area contributed by atoms with Gasteiger partial charge in [-0.15, -0.1) is 0 Å². The first kappa shape index (κ1) is 14.3. The third kappa shape index (κ3) is 2.20. The number of imide groups is 1. The van der Waals surface area contributed by atoms with Crippen molar-refractivity contribution in [2.45, 2.75) is 33.6 Å². The highest BCUT2D eigenvalue weighted by atomic mass is 35.5. The molecule has 1 fully saturated rings. The normalized spacial score (nSPS) is 25.6. The quantitative estimate of drug-likeness (QED) is 0.583. The molecule has 3 nitrogen and oxygen atoms in total. The van der Waals surface area contributed by atoms with Crippen LogP contribution in [0.15, 0.2) is 29.3 Å². The number of fused-ring (bicyclic) bond motifs is 1. The van der Waals surface area contributed by atoms with Gasteiger partial charge in [0, 0.05) is 5.02 Å². The second-order valence-corrected chi connectivity index (χ2v) is 6.56. The first-order chi connectivity index (χ1) is 9.90. The number of nitrogens with zero attached hydrogens (tertiary/aromatic N) is 1. The monoisotopic (exact) mass is 303 g/mol. The van der Waals surface area contributed by atoms with E-state index in [0.717, 1.165) is 5.56 Å². The molecule has 2 aliphatic rings. The molecule has 2 amide bonds. The Morgan fingerprint density at radius 1 is 1.00 bits per heavy atom. The van der Waals surface area contributed by atoms with Gasteiger partial charge in [0.2, 0.25) is 11.8 Å². The summed E-state index contributed by atoms with van der Waals surface area (Å²) in [5.41, 5.74) is 3.99. The van der Waals surface area contributed by atoms with Crippen molar-refractivity contribution < 1.29 is 9.59 Å². The van der Waals surface area contributed by atoms with E-state index in [1.165, 1.54) is 16.0 Å². The zero-order chi connectivity index (χ0) is 15.3. The summed E-state index contributed by atoms with van der Waals surface area (Å²) in [5, 5.41) is 0.538. The number of halogens is 1. The zero-order valence-corrected chi connectivity index (χ0v) is 13.2. The van der Waals surface area contributed by atoms with E-state index in [1.807, 2.05) is 13.0 Å². The lowest BCUT2D eigenvalue weighted by Crippen LogP contribution is -2.31. The van der Waals surface area contributed by atoms with Crippen molar-refractivity contribution >= 4 is 29.1 Å². The van der Waals surface area contributed by atoms with Crippen molar-refractivity contribution in [3.8, 4) is 0 Å². The highest BCUT2D eigenvalue weighted by Gasteiger charge is 2.49. The largest absolute Gasteiger partial charge is 0.274 e. The van der Waals surface area contributed by atoms with Gasteiger partial charge in [-0.05, 0) is 51.3 Å². The Kier molecular flexibility index (Phi) is 3.40. The van der Waals surface area contributed by atoms with Gasteiger partial charge < -0.3 is 0 Å². The minimum Gasteiger partial charge on any atom is -0.274 e. The van der Waals surface area contributed by atoms with Crippen molar-refractivity contribution in [2.24, 2.45) is 11.8 Å². The summed E-state index contributed by atoms with van der Waals surface area (Å²) in [7, 11) is 0. The minimum absolute atomic E-state index is 0.0813. The Balaban J connectivity index is 2.02. The molecule has 1 aromatic carbocycles. The number of benzene rings is 1. The van der Waals surface area contributed by atoms with Crippen molar-refractivity contribution in [1.82, 2.24) is 0 Å². The molecule has 0 saturated carbocycles. The van der Waals surface area contributed by atoms with Crippen LogP contribution in [-0.2, 0) is 9.59 Å². The number of aryl methyl sites for hydroxylation is 1. The Morgan fingerprint density at radius 3 is 2.05 bits per heavy atom. The van der Waals surface area contributed by atoms with Crippen LogP contribution in [0.1, 0.15) is 32.3 Å². The molecule has 3 rings (SSSR count). The number of allylic oxidation sites excluding steroid dienone is 2. The van der Waals surface area contributed by atoms with Gasteiger partial charge in [0.25, 0.3) is 0 Å². The lowest BCUT2D eigenvalue weighted by Gasteiger charge is -2.23. The molecule has 0 radical (unpaired) electrons. The third-order valence-corrected chi connectivity index (χ3v) is 4.99. The molecule has 1 aliphatic heterocycles. The highest BCUT2D eigenvalue weighted by molar-refractivity contribution is 6.31. The molecule has 1 heterocycles. The number of carbonyl (C=O) groups excluding carboxylic acids is 2. The predicted molar refractivity (Wildman–Crippen MR) is 83.3 cm³/mol. The molecule has 4 heteroatoms. The standard InChI is InChI=1S/C17H18ClNO2/c1-9-4-5-12(18)8-15(9)19-16(20)13-6-10(2)11(3)7-14(13)17(19)21/h4-5,8,13-14H,6-7H2,1-3H3/t13-,14-/m1/s1. The predicted octanol–water partition coefficient (Wildman–Crippen LogP) is 3.88. The fourth-order valence-corrected chi connectivity index (χ4v) is 3.48. The van der Waals surface area contributed by atoms with Crippen LogP contribution >= 0.6 is 11.6 Å². The molecule has 0 aromatic heterocycles. The van der Waals surface area contributed by atoms with E-state index in [9.17, 15) is 9.59 Å². The van der Waals surface area contributed by atoms with E-state index in [0.29, 0.717) is 23.6 Å². The summed E-state index contributed by atoms with van der Waals surface area (Å²) in [5.74, 6) is -0.580. The lowest BCUT2D eigenvalue weighted by atomic mass is 9.78. The topological polar surface area (TPSA) is 37.4 Å². The Labute approximate surface area is 129 Å². The van der Waals surface area contributed by atoms with Crippen LogP contribution in [0.4, 0.5) is 5.69 Å². The maximum atomic E-state index is 12.7. The molecular weight excluding hydrogens is 286 g/mol. The second-order valence-electron chi connectivity index (χ2n) is 6.12. The summed E-state index contributed by atoms with van der Waals surface area (Å²) in [6.45, 7) is 6.00. The molecule has 110 valence electrons. The van der Waals surface area contributed by atoms with Gasteiger partial charge in [-0.2, -0.15) is 0 Å². The SMILES string of the molecule is CC1=C(C)C[C@H]2C(=O)N(c3cc(Cl)ccc3C)C(=O)[C@@H]2C1. The van der Waals surface area contributed by atoms with Crippen molar-refractivity contribution in [2.75, 3.05) is 4.90 Å². The Hall–Kier alpha value is -1.61. The average molecular weight is 304 g/mol. The van der Waals surface area contributed by atoms with Gasteiger partial charge in [-0.1, -0.05) is 28.8 Å². The molecule has 0 spiro atoms. The van der Waals surface area contributed by atoms with Gasteiger partial charge in [0.05, 0.1) is 17.5 Å². The number of hydrogen-bond acceptors (Lipinski definition) is 2. The number of amides is 2. The summed E-state index contributed by atoms with van der Waals surface area (Å²) in [6, 6.07) is 5.32. The highest BCUT2D eigenvalue weighted by Crippen LogP contribution is 2.43. The fourth-order valence-electron chi connectivity index (χ4n) is 3.31. The van der Waals surface area contributed by atoms with E-state index >= 15 is 0 Å². The van der Waals surface area contributed by atoms with E-state index in [4.69, 9.17) is 11.6 Å². The molecule has 0 N–H and O–H groups in total. The number of anilines is 1. The van der Waals surface area contributed by atoms with Crippen LogP contribution in [0.2, 0.25) is 5.02 Å². The average Bonchev–Trinajstić information content (AvgIpc) is 2.66. The summed E-state index contributed by atoms with van der Waals surface area (Å²) >= 11 is 6.03. The van der Waals surface area contributed by atoms with E-state index in [-0.39, 0.29) is 23.7 Å². The molecule has 1 aliphatic carbocycles.